The van der Waals surface area contributed by atoms with Crippen LogP contribution in [0, 0.1) is 11.3 Å². The maximum absolute atomic E-state index is 12.7. The summed E-state index contributed by atoms with van der Waals surface area (Å²) in [5.74, 6) is -0.266. The van der Waals surface area contributed by atoms with Crippen LogP contribution in [0.4, 0.5) is 0 Å². The third-order valence-corrected chi connectivity index (χ3v) is 4.87. The SMILES string of the molecule is CC(C)CN(C(=O)CC1(C(=O)O)CCCCCC1)C1CC1. The molecule has 0 heterocycles. The van der Waals surface area contributed by atoms with E-state index in [4.69, 9.17) is 0 Å². The first-order chi connectivity index (χ1) is 9.94. The van der Waals surface area contributed by atoms with E-state index in [1.54, 1.807) is 0 Å². The van der Waals surface area contributed by atoms with Crippen molar-refractivity contribution in [2.45, 2.75) is 77.7 Å². The van der Waals surface area contributed by atoms with E-state index < -0.39 is 11.4 Å². The topological polar surface area (TPSA) is 57.6 Å². The Kier molecular flexibility index (Phi) is 5.28. The van der Waals surface area contributed by atoms with Gasteiger partial charge in [-0.25, -0.2) is 0 Å². The van der Waals surface area contributed by atoms with Gasteiger partial charge in [0.1, 0.15) is 0 Å². The van der Waals surface area contributed by atoms with E-state index in [1.165, 1.54) is 0 Å². The molecule has 4 nitrogen and oxygen atoms in total. The second-order valence-electron chi connectivity index (χ2n) is 7.35. The molecule has 120 valence electrons. The Morgan fingerprint density at radius 1 is 1.14 bits per heavy atom. The first kappa shape index (κ1) is 16.3. The van der Waals surface area contributed by atoms with Gasteiger partial charge in [0.15, 0.2) is 0 Å². The molecule has 0 atom stereocenters. The molecule has 0 saturated heterocycles. The summed E-state index contributed by atoms with van der Waals surface area (Å²) in [6.45, 7) is 4.99. The van der Waals surface area contributed by atoms with Crippen molar-refractivity contribution in [3.63, 3.8) is 0 Å². The van der Waals surface area contributed by atoms with Crippen molar-refractivity contribution < 1.29 is 14.7 Å². The first-order valence-electron chi connectivity index (χ1n) is 8.47. The van der Waals surface area contributed by atoms with Crippen molar-refractivity contribution in [1.29, 1.82) is 0 Å². The fraction of sp³-hybridized carbons (Fsp3) is 0.882. The predicted molar refractivity (Wildman–Crippen MR) is 82.0 cm³/mol. The zero-order valence-corrected chi connectivity index (χ0v) is 13.4. The maximum atomic E-state index is 12.7. The third kappa shape index (κ3) is 4.21. The zero-order valence-electron chi connectivity index (χ0n) is 13.4. The van der Waals surface area contributed by atoms with Crippen molar-refractivity contribution in [2.75, 3.05) is 6.54 Å². The molecule has 1 amide bonds. The minimum Gasteiger partial charge on any atom is -0.481 e. The number of hydrogen-bond acceptors (Lipinski definition) is 2. The van der Waals surface area contributed by atoms with Crippen LogP contribution in [0.3, 0.4) is 0 Å². The molecular formula is C17H29NO3. The molecule has 21 heavy (non-hydrogen) atoms. The molecule has 1 N–H and O–H groups in total. The molecule has 2 aliphatic carbocycles. The number of nitrogens with zero attached hydrogens (tertiary/aromatic N) is 1. The average Bonchev–Trinajstić information content (AvgIpc) is 3.23. The monoisotopic (exact) mass is 295 g/mol. The Bertz CT molecular complexity index is 379. The van der Waals surface area contributed by atoms with Crippen LogP contribution in [0.1, 0.15) is 71.6 Å². The van der Waals surface area contributed by atoms with Gasteiger partial charge in [-0.1, -0.05) is 39.5 Å². The van der Waals surface area contributed by atoms with Crippen molar-refractivity contribution in [3.8, 4) is 0 Å². The van der Waals surface area contributed by atoms with E-state index >= 15 is 0 Å². The van der Waals surface area contributed by atoms with Crippen LogP contribution in [0.25, 0.3) is 0 Å². The molecule has 0 bridgehead atoms. The van der Waals surface area contributed by atoms with E-state index in [0.717, 1.165) is 45.1 Å². The van der Waals surface area contributed by atoms with Gasteiger partial charge in [-0.15, -0.1) is 0 Å². The van der Waals surface area contributed by atoms with Crippen molar-refractivity contribution >= 4 is 11.9 Å². The molecule has 0 aromatic carbocycles. The summed E-state index contributed by atoms with van der Waals surface area (Å²) in [4.78, 5) is 26.5. The van der Waals surface area contributed by atoms with E-state index in [1.807, 2.05) is 4.90 Å². The van der Waals surface area contributed by atoms with Gasteiger partial charge in [0.25, 0.3) is 0 Å². The standard InChI is InChI=1S/C17H29NO3/c1-13(2)12-18(14-7-8-14)15(19)11-17(16(20)21)9-5-3-4-6-10-17/h13-14H,3-12H2,1-2H3,(H,20,21). The van der Waals surface area contributed by atoms with Gasteiger partial charge >= 0.3 is 5.97 Å². The highest BCUT2D eigenvalue weighted by molar-refractivity contribution is 5.85. The second kappa shape index (κ2) is 6.80. The van der Waals surface area contributed by atoms with Gasteiger partial charge in [-0.3, -0.25) is 9.59 Å². The van der Waals surface area contributed by atoms with E-state index in [-0.39, 0.29) is 12.3 Å². The van der Waals surface area contributed by atoms with Gasteiger partial charge in [0.2, 0.25) is 5.91 Å². The van der Waals surface area contributed by atoms with Crippen molar-refractivity contribution in [3.05, 3.63) is 0 Å². The molecule has 0 radical (unpaired) electrons. The van der Waals surface area contributed by atoms with E-state index in [2.05, 4.69) is 13.8 Å². The lowest BCUT2D eigenvalue weighted by Crippen LogP contribution is -2.42. The fourth-order valence-corrected chi connectivity index (χ4v) is 3.50. The lowest BCUT2D eigenvalue weighted by atomic mass is 9.77. The summed E-state index contributed by atoms with van der Waals surface area (Å²) >= 11 is 0. The summed E-state index contributed by atoms with van der Waals surface area (Å²) in [7, 11) is 0. The number of amides is 1. The third-order valence-electron chi connectivity index (χ3n) is 4.87. The highest BCUT2D eigenvalue weighted by Crippen LogP contribution is 2.40. The smallest absolute Gasteiger partial charge is 0.310 e. The van der Waals surface area contributed by atoms with Crippen molar-refractivity contribution in [1.82, 2.24) is 4.90 Å². The molecule has 4 heteroatoms. The number of hydrogen-bond donors (Lipinski definition) is 1. The minimum absolute atomic E-state index is 0.0653. The minimum atomic E-state index is -0.808. The predicted octanol–water partition coefficient (Wildman–Crippen LogP) is 3.45. The zero-order chi connectivity index (χ0) is 15.5. The number of rotatable bonds is 6. The molecule has 0 aromatic rings. The van der Waals surface area contributed by atoms with Gasteiger partial charge in [-0.2, -0.15) is 0 Å². The largest absolute Gasteiger partial charge is 0.481 e. The molecule has 2 rings (SSSR count). The molecule has 2 saturated carbocycles. The number of carboxylic acids is 1. The quantitative estimate of drug-likeness (QED) is 0.764. The Hall–Kier alpha value is -1.06. The normalized spacial score (nSPS) is 21.9. The van der Waals surface area contributed by atoms with Crippen LogP contribution in [-0.4, -0.2) is 34.5 Å². The molecular weight excluding hydrogens is 266 g/mol. The van der Waals surface area contributed by atoms with Crippen molar-refractivity contribution in [2.24, 2.45) is 11.3 Å². The van der Waals surface area contributed by atoms with Crippen LogP contribution in [0.5, 0.6) is 0 Å². The van der Waals surface area contributed by atoms with Gasteiger partial charge in [0, 0.05) is 19.0 Å². The Morgan fingerprint density at radius 3 is 2.14 bits per heavy atom. The van der Waals surface area contributed by atoms with Crippen LogP contribution < -0.4 is 0 Å². The molecule has 2 aliphatic rings. The Morgan fingerprint density at radius 2 is 1.71 bits per heavy atom. The fourth-order valence-electron chi connectivity index (χ4n) is 3.50. The maximum Gasteiger partial charge on any atom is 0.310 e. The summed E-state index contributed by atoms with van der Waals surface area (Å²) in [5.41, 5.74) is -0.808. The second-order valence-corrected chi connectivity index (χ2v) is 7.35. The average molecular weight is 295 g/mol. The van der Waals surface area contributed by atoms with Crippen LogP contribution in [-0.2, 0) is 9.59 Å². The number of carbonyl (C=O) groups is 2. The van der Waals surface area contributed by atoms with Crippen LogP contribution in [0.2, 0.25) is 0 Å². The molecule has 0 unspecified atom stereocenters. The molecule has 0 spiro atoms. The highest BCUT2D eigenvalue weighted by atomic mass is 16.4. The number of carbonyl (C=O) groups excluding carboxylic acids is 1. The molecule has 0 aliphatic heterocycles. The Balaban J connectivity index is 2.07. The van der Waals surface area contributed by atoms with Crippen LogP contribution >= 0.6 is 0 Å². The lowest BCUT2D eigenvalue weighted by Gasteiger charge is -2.32. The summed E-state index contributed by atoms with van der Waals surface area (Å²) < 4.78 is 0. The first-order valence-corrected chi connectivity index (χ1v) is 8.47. The summed E-state index contributed by atoms with van der Waals surface area (Å²) in [6.07, 6.45) is 7.76. The van der Waals surface area contributed by atoms with Crippen LogP contribution in [0.15, 0.2) is 0 Å². The van der Waals surface area contributed by atoms with E-state index in [0.29, 0.717) is 24.8 Å². The Labute approximate surface area is 127 Å². The van der Waals surface area contributed by atoms with Gasteiger partial charge in [-0.05, 0) is 31.6 Å². The summed E-state index contributed by atoms with van der Waals surface area (Å²) in [5, 5.41) is 9.71. The number of carboxylic acid groups (broad SMARTS) is 1. The molecule has 0 aromatic heterocycles. The molecule has 2 fully saturated rings. The van der Waals surface area contributed by atoms with E-state index in [9.17, 15) is 14.7 Å². The van der Waals surface area contributed by atoms with Gasteiger partial charge < -0.3 is 10.0 Å². The summed E-state index contributed by atoms with van der Waals surface area (Å²) in [6, 6.07) is 0.372. The lowest BCUT2D eigenvalue weighted by molar-refractivity contribution is -0.155. The highest BCUT2D eigenvalue weighted by Gasteiger charge is 2.43. The van der Waals surface area contributed by atoms with Gasteiger partial charge in [0.05, 0.1) is 5.41 Å². The number of aliphatic carboxylic acids is 1.